The van der Waals surface area contributed by atoms with Gasteiger partial charge >= 0.3 is 5.97 Å². The van der Waals surface area contributed by atoms with E-state index < -0.39 is 17.5 Å². The summed E-state index contributed by atoms with van der Waals surface area (Å²) in [6, 6.07) is 0. The van der Waals surface area contributed by atoms with E-state index in [2.05, 4.69) is 0 Å². The monoisotopic (exact) mass is 229 g/mol. The Morgan fingerprint density at radius 1 is 1.31 bits per heavy atom. The maximum atomic E-state index is 11.4. The molecule has 1 unspecified atom stereocenters. The van der Waals surface area contributed by atoms with Crippen molar-refractivity contribution in [2.24, 2.45) is 5.41 Å². The average Bonchev–Trinajstić information content (AvgIpc) is 2.17. The van der Waals surface area contributed by atoms with Gasteiger partial charge in [0.05, 0.1) is 11.5 Å². The van der Waals surface area contributed by atoms with Gasteiger partial charge in [0.1, 0.15) is 0 Å². The molecule has 16 heavy (non-hydrogen) atoms. The van der Waals surface area contributed by atoms with Crippen molar-refractivity contribution >= 4 is 5.97 Å². The average molecular weight is 229 g/mol. The summed E-state index contributed by atoms with van der Waals surface area (Å²) < 4.78 is 0. The molecule has 0 amide bonds. The summed E-state index contributed by atoms with van der Waals surface area (Å²) in [4.78, 5) is 13.3. The lowest BCUT2D eigenvalue weighted by molar-refractivity contribution is -0.153. The second kappa shape index (κ2) is 5.64. The first-order valence-corrected chi connectivity index (χ1v) is 6.02. The molecule has 1 aliphatic rings. The number of aliphatic carboxylic acids is 1. The Bertz CT molecular complexity index is 234. The summed E-state index contributed by atoms with van der Waals surface area (Å²) in [7, 11) is 3.77. The Labute approximate surface area is 97.3 Å². The van der Waals surface area contributed by atoms with Crippen molar-refractivity contribution in [3.05, 3.63) is 0 Å². The quantitative estimate of drug-likeness (QED) is 0.746. The molecule has 4 nitrogen and oxygen atoms in total. The summed E-state index contributed by atoms with van der Waals surface area (Å²) in [5.74, 6) is -0.731. The van der Waals surface area contributed by atoms with Crippen LogP contribution >= 0.6 is 0 Å². The van der Waals surface area contributed by atoms with Crippen LogP contribution in [0.1, 0.15) is 38.5 Å². The maximum Gasteiger partial charge on any atom is 0.309 e. The van der Waals surface area contributed by atoms with Gasteiger partial charge in [-0.2, -0.15) is 0 Å². The smallest absolute Gasteiger partial charge is 0.309 e. The first-order valence-electron chi connectivity index (χ1n) is 6.02. The van der Waals surface area contributed by atoms with Crippen LogP contribution in [0.5, 0.6) is 0 Å². The fraction of sp³-hybridized carbons (Fsp3) is 0.917. The highest BCUT2D eigenvalue weighted by Crippen LogP contribution is 2.40. The molecule has 0 spiro atoms. The van der Waals surface area contributed by atoms with Crippen LogP contribution < -0.4 is 0 Å². The Morgan fingerprint density at radius 3 is 2.31 bits per heavy atom. The number of carboxylic acids is 1. The third-order valence-corrected chi connectivity index (χ3v) is 3.47. The number of aliphatic hydroxyl groups excluding tert-OH is 1. The zero-order valence-corrected chi connectivity index (χ0v) is 10.3. The lowest BCUT2D eigenvalue weighted by Gasteiger charge is -2.35. The molecule has 1 saturated carbocycles. The largest absolute Gasteiger partial charge is 0.481 e. The molecule has 0 saturated heterocycles. The van der Waals surface area contributed by atoms with Gasteiger partial charge in [-0.05, 0) is 33.4 Å². The fourth-order valence-corrected chi connectivity index (χ4v) is 2.67. The second-order valence-corrected chi connectivity index (χ2v) is 5.27. The highest BCUT2D eigenvalue weighted by atomic mass is 16.4. The van der Waals surface area contributed by atoms with Crippen molar-refractivity contribution in [1.82, 2.24) is 4.90 Å². The number of nitrogens with zero attached hydrogens (tertiary/aromatic N) is 1. The summed E-state index contributed by atoms with van der Waals surface area (Å²) in [5.41, 5.74) is -0.673. The fourth-order valence-electron chi connectivity index (χ4n) is 2.67. The first-order chi connectivity index (χ1) is 7.46. The number of hydrogen-bond donors (Lipinski definition) is 2. The summed E-state index contributed by atoms with van der Waals surface area (Å²) >= 11 is 0. The lowest BCUT2D eigenvalue weighted by atomic mass is 9.70. The van der Waals surface area contributed by atoms with Crippen molar-refractivity contribution in [1.29, 1.82) is 0 Å². The van der Waals surface area contributed by atoms with Gasteiger partial charge in [-0.15, -0.1) is 0 Å². The zero-order valence-electron chi connectivity index (χ0n) is 10.3. The highest BCUT2D eigenvalue weighted by molar-refractivity contribution is 5.74. The van der Waals surface area contributed by atoms with Gasteiger partial charge < -0.3 is 15.1 Å². The molecule has 94 valence electrons. The van der Waals surface area contributed by atoms with Crippen molar-refractivity contribution in [2.45, 2.75) is 44.6 Å². The lowest BCUT2D eigenvalue weighted by Crippen LogP contribution is -2.39. The number of carbonyl (C=O) groups is 1. The van der Waals surface area contributed by atoms with E-state index in [0.717, 1.165) is 19.3 Å². The third kappa shape index (κ3) is 3.46. The number of aliphatic hydroxyl groups is 1. The standard InChI is InChI=1S/C12H23NO3/c1-13(2)9-10(14)8-12(11(15)16)6-4-3-5-7-12/h10,14H,3-9H2,1-2H3,(H,15,16). The van der Waals surface area contributed by atoms with Crippen molar-refractivity contribution in [3.8, 4) is 0 Å². The Kier molecular flexibility index (Phi) is 4.74. The van der Waals surface area contributed by atoms with Crippen molar-refractivity contribution in [3.63, 3.8) is 0 Å². The molecule has 0 heterocycles. The van der Waals surface area contributed by atoms with Gasteiger partial charge in [-0.1, -0.05) is 19.3 Å². The van der Waals surface area contributed by atoms with E-state index in [-0.39, 0.29) is 0 Å². The number of carboxylic acid groups (broad SMARTS) is 1. The topological polar surface area (TPSA) is 60.8 Å². The Balaban J connectivity index is 2.60. The van der Waals surface area contributed by atoms with Gasteiger partial charge in [-0.25, -0.2) is 0 Å². The predicted molar refractivity (Wildman–Crippen MR) is 62.3 cm³/mol. The van der Waals surface area contributed by atoms with Crippen LogP contribution in [0.2, 0.25) is 0 Å². The van der Waals surface area contributed by atoms with Gasteiger partial charge in [0.2, 0.25) is 0 Å². The van der Waals surface area contributed by atoms with Crippen LogP contribution in [0.4, 0.5) is 0 Å². The second-order valence-electron chi connectivity index (χ2n) is 5.27. The molecule has 0 aromatic carbocycles. The van der Waals surface area contributed by atoms with Crippen molar-refractivity contribution in [2.75, 3.05) is 20.6 Å². The Morgan fingerprint density at radius 2 is 1.88 bits per heavy atom. The molecule has 2 N–H and O–H groups in total. The van der Waals surface area contributed by atoms with E-state index >= 15 is 0 Å². The molecule has 1 rings (SSSR count). The first kappa shape index (κ1) is 13.5. The zero-order chi connectivity index (χ0) is 12.2. The minimum Gasteiger partial charge on any atom is -0.481 e. The minimum absolute atomic E-state index is 0.389. The summed E-state index contributed by atoms with van der Waals surface area (Å²) in [5, 5.41) is 19.2. The van der Waals surface area contributed by atoms with Crippen LogP contribution in [-0.4, -0.2) is 47.8 Å². The molecular weight excluding hydrogens is 206 g/mol. The molecule has 1 atom stereocenters. The van der Waals surface area contributed by atoms with Gasteiger partial charge in [-0.3, -0.25) is 4.79 Å². The van der Waals surface area contributed by atoms with Crippen LogP contribution in [0.3, 0.4) is 0 Å². The molecule has 0 radical (unpaired) electrons. The number of hydrogen-bond acceptors (Lipinski definition) is 3. The molecular formula is C12H23NO3. The molecule has 1 fully saturated rings. The summed E-state index contributed by atoms with van der Waals surface area (Å²) in [6.07, 6.45) is 4.35. The minimum atomic E-state index is -0.731. The van der Waals surface area contributed by atoms with E-state index in [4.69, 9.17) is 0 Å². The van der Waals surface area contributed by atoms with Gasteiger partial charge in [0.15, 0.2) is 0 Å². The molecule has 1 aliphatic carbocycles. The third-order valence-electron chi connectivity index (χ3n) is 3.47. The van der Waals surface area contributed by atoms with E-state index in [1.54, 1.807) is 0 Å². The van der Waals surface area contributed by atoms with E-state index in [9.17, 15) is 15.0 Å². The SMILES string of the molecule is CN(C)CC(O)CC1(C(=O)O)CCCCC1. The highest BCUT2D eigenvalue weighted by Gasteiger charge is 2.41. The van der Waals surface area contributed by atoms with E-state index in [1.165, 1.54) is 0 Å². The van der Waals surface area contributed by atoms with Crippen LogP contribution in [0.15, 0.2) is 0 Å². The van der Waals surface area contributed by atoms with E-state index in [0.29, 0.717) is 25.8 Å². The van der Waals surface area contributed by atoms with Crippen LogP contribution in [-0.2, 0) is 4.79 Å². The van der Waals surface area contributed by atoms with Crippen LogP contribution in [0.25, 0.3) is 0 Å². The number of rotatable bonds is 5. The Hall–Kier alpha value is -0.610. The molecule has 0 aliphatic heterocycles. The molecule has 4 heteroatoms. The molecule has 0 aromatic rings. The predicted octanol–water partition coefficient (Wildman–Crippen LogP) is 1.33. The van der Waals surface area contributed by atoms with Gasteiger partial charge in [0, 0.05) is 6.54 Å². The van der Waals surface area contributed by atoms with Crippen molar-refractivity contribution < 1.29 is 15.0 Å². The van der Waals surface area contributed by atoms with Crippen LogP contribution in [0, 0.1) is 5.41 Å². The maximum absolute atomic E-state index is 11.4. The molecule has 0 aromatic heterocycles. The van der Waals surface area contributed by atoms with E-state index in [1.807, 2.05) is 19.0 Å². The summed E-state index contributed by atoms with van der Waals surface area (Å²) in [6.45, 7) is 0.537. The normalized spacial score (nSPS) is 22.0. The molecule has 0 bridgehead atoms. The number of likely N-dealkylation sites (N-methyl/N-ethyl adjacent to an activating group) is 1. The van der Waals surface area contributed by atoms with Gasteiger partial charge in [0.25, 0.3) is 0 Å².